The van der Waals surface area contributed by atoms with Gasteiger partial charge in [0.25, 0.3) is 5.91 Å². The van der Waals surface area contributed by atoms with Crippen molar-refractivity contribution < 1.29 is 13.9 Å². The molecule has 5 heteroatoms. The molecule has 98 valence electrons. The molecule has 0 radical (unpaired) electrons. The molecule has 1 fully saturated rings. The van der Waals surface area contributed by atoms with Crippen LogP contribution in [0, 0.1) is 5.82 Å². The van der Waals surface area contributed by atoms with Crippen molar-refractivity contribution in [2.75, 3.05) is 19.5 Å². The van der Waals surface area contributed by atoms with Gasteiger partial charge in [-0.15, -0.1) is 11.6 Å². The minimum absolute atomic E-state index is 0.0306. The van der Waals surface area contributed by atoms with E-state index in [9.17, 15) is 9.18 Å². The summed E-state index contributed by atoms with van der Waals surface area (Å²) in [6, 6.07) is 6.03. The predicted molar refractivity (Wildman–Crippen MR) is 67.0 cm³/mol. The van der Waals surface area contributed by atoms with Gasteiger partial charge in [0.05, 0.1) is 6.04 Å². The second-order valence-electron chi connectivity index (χ2n) is 4.23. The Morgan fingerprint density at radius 1 is 1.39 bits per heavy atom. The molecule has 0 unspecified atom stereocenters. The molecular weight excluding hydrogens is 257 g/mol. The van der Waals surface area contributed by atoms with E-state index in [1.165, 1.54) is 19.2 Å². The molecule has 1 heterocycles. The van der Waals surface area contributed by atoms with Crippen LogP contribution in [0.1, 0.15) is 18.0 Å². The van der Waals surface area contributed by atoms with Crippen LogP contribution in [0.3, 0.4) is 0 Å². The molecule has 2 atom stereocenters. The van der Waals surface area contributed by atoms with Gasteiger partial charge in [0, 0.05) is 19.5 Å². The number of likely N-dealkylation sites (tertiary alicyclic amines) is 1. The van der Waals surface area contributed by atoms with Crippen LogP contribution >= 0.6 is 11.6 Å². The smallest absolute Gasteiger partial charge is 0.254 e. The Kier molecular flexibility index (Phi) is 4.19. The lowest BCUT2D eigenvalue weighted by molar-refractivity contribution is -0.171. The van der Waals surface area contributed by atoms with E-state index in [1.54, 1.807) is 17.0 Å². The second-order valence-corrected chi connectivity index (χ2v) is 4.60. The van der Waals surface area contributed by atoms with Gasteiger partial charge in [-0.25, -0.2) is 4.39 Å². The van der Waals surface area contributed by atoms with Crippen molar-refractivity contribution in [1.29, 1.82) is 0 Å². The molecule has 0 aromatic heterocycles. The number of hydrogen-bond acceptors (Lipinski definition) is 2. The number of β-lactam (4-membered cyclic amide) rings is 1. The molecule has 1 aromatic carbocycles. The molecule has 0 aliphatic carbocycles. The summed E-state index contributed by atoms with van der Waals surface area (Å²) in [5, 5.41) is 0. The van der Waals surface area contributed by atoms with E-state index >= 15 is 0 Å². The summed E-state index contributed by atoms with van der Waals surface area (Å²) in [7, 11) is 1.51. The second kappa shape index (κ2) is 5.67. The highest BCUT2D eigenvalue weighted by Crippen LogP contribution is 2.36. The number of carbonyl (C=O) groups is 1. The molecule has 1 aromatic rings. The van der Waals surface area contributed by atoms with Gasteiger partial charge in [0.2, 0.25) is 0 Å². The van der Waals surface area contributed by atoms with Crippen LogP contribution in [-0.4, -0.2) is 36.4 Å². The van der Waals surface area contributed by atoms with Crippen molar-refractivity contribution in [2.24, 2.45) is 0 Å². The molecule has 0 saturated carbocycles. The largest absolute Gasteiger partial charge is 0.369 e. The number of benzene rings is 1. The lowest BCUT2D eigenvalue weighted by Crippen LogP contribution is -2.59. The van der Waals surface area contributed by atoms with Gasteiger partial charge in [-0.2, -0.15) is 0 Å². The van der Waals surface area contributed by atoms with Crippen LogP contribution in [0.15, 0.2) is 24.3 Å². The third-order valence-electron chi connectivity index (χ3n) is 3.15. The molecule has 3 nitrogen and oxygen atoms in total. The molecule has 1 amide bonds. The molecule has 1 saturated heterocycles. The highest BCUT2D eigenvalue weighted by atomic mass is 35.5. The number of ether oxygens (including phenoxy) is 1. The normalized spacial score (nSPS) is 23.1. The highest BCUT2D eigenvalue weighted by Gasteiger charge is 2.47. The number of carbonyl (C=O) groups excluding carboxylic acids is 1. The Labute approximate surface area is 110 Å². The Hall–Kier alpha value is -1.13. The maximum absolute atomic E-state index is 12.9. The molecular formula is C13H15ClFNO2. The summed E-state index contributed by atoms with van der Waals surface area (Å²) >= 11 is 5.64. The standard InChI is InChI=1S/C13H15ClFNO2/c1-18-12-11(9-3-5-10(15)6-4-9)16(13(12)17)8-2-7-14/h3-6,11-12H,2,7-8H2,1H3/t11-,12+/m1/s1. The number of amides is 1. The van der Waals surface area contributed by atoms with Gasteiger partial charge in [0.15, 0.2) is 6.10 Å². The number of methoxy groups -OCH3 is 1. The van der Waals surface area contributed by atoms with Gasteiger partial charge < -0.3 is 9.64 Å². The number of nitrogens with zero attached hydrogens (tertiary/aromatic N) is 1. The van der Waals surface area contributed by atoms with Crippen molar-refractivity contribution in [3.05, 3.63) is 35.6 Å². The summed E-state index contributed by atoms with van der Waals surface area (Å²) in [4.78, 5) is 13.6. The zero-order chi connectivity index (χ0) is 13.1. The first-order valence-electron chi connectivity index (χ1n) is 5.83. The number of hydrogen-bond donors (Lipinski definition) is 0. The van der Waals surface area contributed by atoms with Crippen LogP contribution < -0.4 is 0 Å². The molecule has 1 aliphatic rings. The zero-order valence-corrected chi connectivity index (χ0v) is 10.9. The SMILES string of the molecule is CO[C@@H]1C(=O)N(CCCCl)[C@@H]1c1ccc(F)cc1. The minimum atomic E-state index is -0.467. The van der Waals surface area contributed by atoms with E-state index in [2.05, 4.69) is 0 Å². The lowest BCUT2D eigenvalue weighted by Gasteiger charge is -2.46. The van der Waals surface area contributed by atoms with Crippen LogP contribution in [-0.2, 0) is 9.53 Å². The zero-order valence-electron chi connectivity index (χ0n) is 10.1. The Morgan fingerprint density at radius 3 is 2.61 bits per heavy atom. The predicted octanol–water partition coefficient (Wildman–Crippen LogP) is 2.35. The Bertz CT molecular complexity index is 424. The summed E-state index contributed by atoms with van der Waals surface area (Å²) in [6.07, 6.45) is 0.271. The van der Waals surface area contributed by atoms with Crippen molar-refractivity contribution in [1.82, 2.24) is 4.90 Å². The fraction of sp³-hybridized carbons (Fsp3) is 0.462. The van der Waals surface area contributed by atoms with E-state index in [4.69, 9.17) is 16.3 Å². The maximum Gasteiger partial charge on any atom is 0.254 e. The minimum Gasteiger partial charge on any atom is -0.369 e. The first kappa shape index (κ1) is 13.3. The molecule has 0 spiro atoms. The fourth-order valence-corrected chi connectivity index (χ4v) is 2.36. The van der Waals surface area contributed by atoms with Crippen LogP contribution in [0.5, 0.6) is 0 Å². The molecule has 18 heavy (non-hydrogen) atoms. The monoisotopic (exact) mass is 271 g/mol. The van der Waals surface area contributed by atoms with Gasteiger partial charge in [-0.1, -0.05) is 12.1 Å². The number of halogens is 2. The first-order valence-corrected chi connectivity index (χ1v) is 6.37. The molecule has 1 aliphatic heterocycles. The van der Waals surface area contributed by atoms with Crippen LogP contribution in [0.2, 0.25) is 0 Å². The molecule has 0 N–H and O–H groups in total. The summed E-state index contributed by atoms with van der Waals surface area (Å²) in [5.74, 6) is 0.194. The van der Waals surface area contributed by atoms with Gasteiger partial charge in [0.1, 0.15) is 5.82 Å². The number of alkyl halides is 1. The van der Waals surface area contributed by atoms with Crippen LogP contribution in [0.25, 0.3) is 0 Å². The van der Waals surface area contributed by atoms with Gasteiger partial charge in [-0.05, 0) is 24.1 Å². The van der Waals surface area contributed by atoms with Crippen molar-refractivity contribution >= 4 is 17.5 Å². The van der Waals surface area contributed by atoms with Crippen molar-refractivity contribution in [2.45, 2.75) is 18.6 Å². The van der Waals surface area contributed by atoms with E-state index in [0.717, 1.165) is 12.0 Å². The topological polar surface area (TPSA) is 29.5 Å². The summed E-state index contributed by atoms with van der Waals surface area (Å²) < 4.78 is 18.1. The third kappa shape index (κ3) is 2.35. The average Bonchev–Trinajstić information content (AvgIpc) is 2.38. The maximum atomic E-state index is 12.9. The third-order valence-corrected chi connectivity index (χ3v) is 3.41. The first-order chi connectivity index (χ1) is 8.69. The van der Waals surface area contributed by atoms with E-state index in [1.807, 2.05) is 0 Å². The summed E-state index contributed by atoms with van der Waals surface area (Å²) in [5.41, 5.74) is 0.887. The van der Waals surface area contributed by atoms with Crippen molar-refractivity contribution in [3.8, 4) is 0 Å². The number of rotatable bonds is 5. The van der Waals surface area contributed by atoms with E-state index in [-0.39, 0.29) is 17.8 Å². The quantitative estimate of drug-likeness (QED) is 0.608. The highest BCUT2D eigenvalue weighted by molar-refractivity contribution is 6.17. The molecule has 2 rings (SSSR count). The van der Waals surface area contributed by atoms with Gasteiger partial charge in [-0.3, -0.25) is 4.79 Å². The van der Waals surface area contributed by atoms with Crippen LogP contribution in [0.4, 0.5) is 4.39 Å². The van der Waals surface area contributed by atoms with E-state index < -0.39 is 6.10 Å². The summed E-state index contributed by atoms with van der Waals surface area (Å²) in [6.45, 7) is 0.601. The van der Waals surface area contributed by atoms with Gasteiger partial charge >= 0.3 is 0 Å². The molecule has 0 bridgehead atoms. The Morgan fingerprint density at radius 2 is 2.06 bits per heavy atom. The fourth-order valence-electron chi connectivity index (χ4n) is 2.24. The van der Waals surface area contributed by atoms with Crippen molar-refractivity contribution in [3.63, 3.8) is 0 Å². The Balaban J connectivity index is 2.16. The lowest BCUT2D eigenvalue weighted by atomic mass is 9.90. The average molecular weight is 272 g/mol. The van der Waals surface area contributed by atoms with E-state index in [0.29, 0.717) is 12.4 Å².